The number of benzene rings is 3. The van der Waals surface area contributed by atoms with Crippen molar-refractivity contribution in [2.75, 3.05) is 26.7 Å². The average molecular weight is 445 g/mol. The van der Waals surface area contributed by atoms with E-state index >= 15 is 0 Å². The molecule has 0 bridgehead atoms. The largest absolute Gasteiger partial charge is 0.508 e. The Bertz CT molecular complexity index is 1210. The lowest BCUT2D eigenvalue weighted by Gasteiger charge is -2.17. The molecule has 0 saturated carbocycles. The molecule has 1 aromatic heterocycles. The highest BCUT2D eigenvalue weighted by Crippen LogP contribution is 2.38. The SMILES string of the molecule is CCCCN(C)CCOc1ccc(-n2c(-c3ccc(O)cc3)c(C)c3cc(O)ccc32)cc1. The molecule has 5 nitrogen and oxygen atoms in total. The van der Waals surface area contributed by atoms with Gasteiger partial charge >= 0.3 is 0 Å². The van der Waals surface area contributed by atoms with Gasteiger partial charge < -0.3 is 24.4 Å². The lowest BCUT2D eigenvalue weighted by molar-refractivity contribution is 0.235. The van der Waals surface area contributed by atoms with Crippen molar-refractivity contribution in [2.45, 2.75) is 26.7 Å². The van der Waals surface area contributed by atoms with Crippen LogP contribution in [0.2, 0.25) is 0 Å². The minimum atomic E-state index is 0.235. The van der Waals surface area contributed by atoms with Crippen LogP contribution in [-0.2, 0) is 0 Å². The minimum Gasteiger partial charge on any atom is -0.508 e. The molecular weight excluding hydrogens is 412 g/mol. The first kappa shape index (κ1) is 22.7. The van der Waals surface area contributed by atoms with E-state index in [0.717, 1.165) is 52.3 Å². The van der Waals surface area contributed by atoms with Gasteiger partial charge in [0, 0.05) is 17.6 Å². The van der Waals surface area contributed by atoms with Crippen molar-refractivity contribution in [3.8, 4) is 34.2 Å². The van der Waals surface area contributed by atoms with E-state index in [4.69, 9.17) is 4.74 Å². The molecule has 0 atom stereocenters. The third-order valence-corrected chi connectivity index (χ3v) is 6.07. The van der Waals surface area contributed by atoms with E-state index in [-0.39, 0.29) is 11.5 Å². The molecule has 3 aromatic carbocycles. The van der Waals surface area contributed by atoms with E-state index in [2.05, 4.69) is 42.5 Å². The number of phenolic OH excluding ortho intramolecular Hbond substituents is 2. The maximum absolute atomic E-state index is 10.1. The molecule has 0 fully saturated rings. The number of hydrogen-bond donors (Lipinski definition) is 2. The van der Waals surface area contributed by atoms with Crippen LogP contribution in [0.25, 0.3) is 27.8 Å². The van der Waals surface area contributed by atoms with E-state index in [1.807, 2.05) is 30.3 Å². The van der Waals surface area contributed by atoms with Gasteiger partial charge in [0.25, 0.3) is 0 Å². The van der Waals surface area contributed by atoms with Gasteiger partial charge in [-0.05, 0) is 105 Å². The number of aromatic nitrogens is 1. The van der Waals surface area contributed by atoms with E-state index in [0.29, 0.717) is 6.61 Å². The number of aryl methyl sites for hydroxylation is 1. The molecule has 4 aromatic rings. The summed E-state index contributed by atoms with van der Waals surface area (Å²) in [5.74, 6) is 1.32. The molecule has 172 valence electrons. The fourth-order valence-corrected chi connectivity index (χ4v) is 4.22. The molecule has 0 aliphatic rings. The Balaban J connectivity index is 1.65. The lowest BCUT2D eigenvalue weighted by Crippen LogP contribution is -2.25. The highest BCUT2D eigenvalue weighted by Gasteiger charge is 2.18. The van der Waals surface area contributed by atoms with Gasteiger partial charge in [0.2, 0.25) is 0 Å². The first-order valence-corrected chi connectivity index (χ1v) is 11.5. The fraction of sp³-hybridized carbons (Fsp3) is 0.286. The Kier molecular flexibility index (Phi) is 6.90. The standard InChI is InChI=1S/C28H32N2O3/c1-4-5-16-29(3)17-18-33-25-13-8-22(9-14-25)30-27-15-12-24(32)19-26(27)20(2)28(30)21-6-10-23(31)11-7-21/h6-15,19,31-32H,4-5,16-18H2,1-3H3. The van der Waals surface area contributed by atoms with Crippen LogP contribution in [-0.4, -0.2) is 46.4 Å². The second kappa shape index (κ2) is 10.0. The van der Waals surface area contributed by atoms with Crippen molar-refractivity contribution in [3.05, 3.63) is 72.3 Å². The molecule has 0 amide bonds. The highest BCUT2D eigenvalue weighted by atomic mass is 16.5. The van der Waals surface area contributed by atoms with Crippen LogP contribution in [0.15, 0.2) is 66.7 Å². The monoisotopic (exact) mass is 444 g/mol. The van der Waals surface area contributed by atoms with Crippen molar-refractivity contribution in [2.24, 2.45) is 0 Å². The molecule has 0 saturated heterocycles. The van der Waals surface area contributed by atoms with Gasteiger partial charge in [-0.25, -0.2) is 0 Å². The summed E-state index contributed by atoms with van der Waals surface area (Å²) in [7, 11) is 2.13. The molecule has 33 heavy (non-hydrogen) atoms. The van der Waals surface area contributed by atoms with E-state index in [1.165, 1.54) is 12.8 Å². The number of aromatic hydroxyl groups is 2. The molecule has 4 rings (SSSR count). The van der Waals surface area contributed by atoms with Crippen LogP contribution in [0.5, 0.6) is 17.2 Å². The van der Waals surface area contributed by atoms with Crippen LogP contribution in [0, 0.1) is 6.92 Å². The van der Waals surface area contributed by atoms with Crippen LogP contribution < -0.4 is 4.74 Å². The molecule has 0 aliphatic carbocycles. The zero-order chi connectivity index (χ0) is 23.4. The second-order valence-electron chi connectivity index (χ2n) is 8.56. The number of ether oxygens (including phenoxy) is 1. The summed E-state index contributed by atoms with van der Waals surface area (Å²) in [6.07, 6.45) is 2.41. The third kappa shape index (κ3) is 4.99. The summed E-state index contributed by atoms with van der Waals surface area (Å²) < 4.78 is 8.17. The number of likely N-dealkylation sites (N-methyl/N-ethyl adjacent to an activating group) is 1. The Morgan fingerprint density at radius 3 is 2.27 bits per heavy atom. The van der Waals surface area contributed by atoms with Crippen LogP contribution >= 0.6 is 0 Å². The number of nitrogens with zero attached hydrogens (tertiary/aromatic N) is 2. The minimum absolute atomic E-state index is 0.235. The van der Waals surface area contributed by atoms with Gasteiger partial charge in [0.1, 0.15) is 23.9 Å². The van der Waals surface area contributed by atoms with Gasteiger partial charge in [-0.1, -0.05) is 13.3 Å². The molecule has 2 N–H and O–H groups in total. The highest BCUT2D eigenvalue weighted by molar-refractivity contribution is 5.94. The van der Waals surface area contributed by atoms with Gasteiger partial charge in [0.15, 0.2) is 0 Å². The van der Waals surface area contributed by atoms with E-state index < -0.39 is 0 Å². The normalized spacial score (nSPS) is 11.4. The zero-order valence-corrected chi connectivity index (χ0v) is 19.6. The molecule has 0 radical (unpaired) electrons. The summed E-state index contributed by atoms with van der Waals surface area (Å²) in [5.41, 5.74) is 5.12. The summed E-state index contributed by atoms with van der Waals surface area (Å²) >= 11 is 0. The van der Waals surface area contributed by atoms with E-state index in [9.17, 15) is 10.2 Å². The maximum Gasteiger partial charge on any atom is 0.119 e. The summed E-state index contributed by atoms with van der Waals surface area (Å²) in [4.78, 5) is 2.30. The smallest absolute Gasteiger partial charge is 0.119 e. The number of unbranched alkanes of at least 4 members (excludes halogenated alkanes) is 1. The van der Waals surface area contributed by atoms with Crippen LogP contribution in [0.4, 0.5) is 0 Å². The summed E-state index contributed by atoms with van der Waals surface area (Å²) in [5, 5.41) is 20.8. The molecule has 0 unspecified atom stereocenters. The van der Waals surface area contributed by atoms with E-state index in [1.54, 1.807) is 24.3 Å². The zero-order valence-electron chi connectivity index (χ0n) is 19.6. The van der Waals surface area contributed by atoms with Crippen molar-refractivity contribution in [1.82, 2.24) is 9.47 Å². The third-order valence-electron chi connectivity index (χ3n) is 6.07. The molecule has 0 aliphatic heterocycles. The van der Waals surface area contributed by atoms with Crippen LogP contribution in [0.3, 0.4) is 0 Å². The summed E-state index contributed by atoms with van der Waals surface area (Å²) in [6, 6.07) is 20.8. The predicted octanol–water partition coefficient (Wildman–Crippen LogP) is 6.13. The van der Waals surface area contributed by atoms with Crippen molar-refractivity contribution in [3.63, 3.8) is 0 Å². The molecule has 0 spiro atoms. The molecular formula is C28H32N2O3. The topological polar surface area (TPSA) is 57.9 Å². The van der Waals surface area contributed by atoms with Crippen molar-refractivity contribution >= 4 is 10.9 Å². The predicted molar refractivity (Wildman–Crippen MR) is 135 cm³/mol. The van der Waals surface area contributed by atoms with Crippen molar-refractivity contribution < 1.29 is 14.9 Å². The van der Waals surface area contributed by atoms with Gasteiger partial charge in [0.05, 0.1) is 11.2 Å². The first-order valence-electron chi connectivity index (χ1n) is 11.5. The Labute approximate surface area is 195 Å². The molecule has 1 heterocycles. The Hall–Kier alpha value is -3.44. The Morgan fingerprint density at radius 2 is 1.58 bits per heavy atom. The van der Waals surface area contributed by atoms with Crippen molar-refractivity contribution in [1.29, 1.82) is 0 Å². The Morgan fingerprint density at radius 1 is 0.879 bits per heavy atom. The average Bonchev–Trinajstić information content (AvgIpc) is 3.10. The lowest BCUT2D eigenvalue weighted by atomic mass is 10.1. The second-order valence-corrected chi connectivity index (χ2v) is 8.56. The van der Waals surface area contributed by atoms with Gasteiger partial charge in [-0.3, -0.25) is 0 Å². The number of fused-ring (bicyclic) bond motifs is 1. The molecule has 5 heteroatoms. The number of phenols is 2. The maximum atomic E-state index is 10.1. The summed E-state index contributed by atoms with van der Waals surface area (Å²) in [6.45, 7) is 6.92. The van der Waals surface area contributed by atoms with Crippen LogP contribution in [0.1, 0.15) is 25.3 Å². The fourth-order valence-electron chi connectivity index (χ4n) is 4.22. The first-order chi connectivity index (χ1) is 16.0. The number of rotatable bonds is 9. The number of hydrogen-bond acceptors (Lipinski definition) is 4. The quantitative estimate of drug-likeness (QED) is 0.326. The van der Waals surface area contributed by atoms with Gasteiger partial charge in [-0.15, -0.1) is 0 Å². The van der Waals surface area contributed by atoms with Gasteiger partial charge in [-0.2, -0.15) is 0 Å².